The van der Waals surface area contributed by atoms with Gasteiger partial charge in [0.15, 0.2) is 0 Å². The molecule has 2 rings (SSSR count). The van der Waals surface area contributed by atoms with Crippen LogP contribution in [-0.2, 0) is 0 Å². The van der Waals surface area contributed by atoms with E-state index in [-0.39, 0.29) is 6.04 Å². The van der Waals surface area contributed by atoms with Gasteiger partial charge < -0.3 is 4.74 Å². The molecule has 3 N–H and O–H groups in total. The molecule has 0 amide bonds. The van der Waals surface area contributed by atoms with Gasteiger partial charge in [0.05, 0.1) is 6.04 Å². The van der Waals surface area contributed by atoms with Crippen molar-refractivity contribution in [2.24, 2.45) is 11.8 Å². The average molecular weight is 283 g/mol. The van der Waals surface area contributed by atoms with E-state index in [0.717, 1.165) is 23.1 Å². The molecule has 3 nitrogen and oxygen atoms in total. The molecule has 1 unspecified atom stereocenters. The smallest absolute Gasteiger partial charge is 0.119 e. The van der Waals surface area contributed by atoms with Crippen LogP contribution in [0.2, 0.25) is 5.02 Å². The number of nitrogens with one attached hydrogen (secondary N) is 1. The van der Waals surface area contributed by atoms with Gasteiger partial charge in [-0.1, -0.05) is 37.3 Å². The standard InChI is InChI=1S/C15H23ClN2O/c16-13-6-9-15(10-7-13)19-11-14(18-17)8-5-12-3-1-2-4-12/h6-7,9-10,12,14,18H,1-5,8,11,17H2. The summed E-state index contributed by atoms with van der Waals surface area (Å²) in [5.41, 5.74) is 2.86. The van der Waals surface area contributed by atoms with Crippen LogP contribution in [0.5, 0.6) is 5.75 Å². The lowest BCUT2D eigenvalue weighted by atomic mass is 9.99. The second-order valence-electron chi connectivity index (χ2n) is 5.36. The lowest BCUT2D eigenvalue weighted by molar-refractivity contribution is 0.248. The summed E-state index contributed by atoms with van der Waals surface area (Å²) in [6, 6.07) is 7.65. The Morgan fingerprint density at radius 1 is 1.26 bits per heavy atom. The van der Waals surface area contributed by atoms with E-state index in [0.29, 0.717) is 6.61 Å². The summed E-state index contributed by atoms with van der Waals surface area (Å²) >= 11 is 5.84. The molecule has 1 fully saturated rings. The van der Waals surface area contributed by atoms with Crippen molar-refractivity contribution >= 4 is 11.6 Å². The fourth-order valence-corrected chi connectivity index (χ4v) is 2.80. The van der Waals surface area contributed by atoms with E-state index in [1.807, 2.05) is 24.3 Å². The molecule has 19 heavy (non-hydrogen) atoms. The molecule has 0 aliphatic heterocycles. The third kappa shape index (κ3) is 5.01. The topological polar surface area (TPSA) is 47.3 Å². The summed E-state index contributed by atoms with van der Waals surface area (Å²) in [6.45, 7) is 0.602. The first-order valence-electron chi connectivity index (χ1n) is 7.12. The minimum atomic E-state index is 0.219. The molecule has 0 radical (unpaired) electrons. The Balaban J connectivity index is 1.70. The quantitative estimate of drug-likeness (QED) is 0.594. The van der Waals surface area contributed by atoms with Crippen LogP contribution in [0.4, 0.5) is 0 Å². The maximum absolute atomic E-state index is 5.84. The van der Waals surface area contributed by atoms with Crippen LogP contribution < -0.4 is 16.0 Å². The van der Waals surface area contributed by atoms with Gasteiger partial charge in [0, 0.05) is 5.02 Å². The van der Waals surface area contributed by atoms with Crippen LogP contribution in [0.15, 0.2) is 24.3 Å². The van der Waals surface area contributed by atoms with Gasteiger partial charge in [-0.2, -0.15) is 0 Å². The van der Waals surface area contributed by atoms with Crippen LogP contribution in [0, 0.1) is 5.92 Å². The van der Waals surface area contributed by atoms with Crippen LogP contribution in [-0.4, -0.2) is 12.6 Å². The highest BCUT2D eigenvalue weighted by atomic mass is 35.5. The molecule has 1 aromatic carbocycles. The average Bonchev–Trinajstić information content (AvgIpc) is 2.94. The van der Waals surface area contributed by atoms with Gasteiger partial charge in [0.2, 0.25) is 0 Å². The molecule has 1 aliphatic rings. The summed E-state index contributed by atoms with van der Waals surface area (Å²) < 4.78 is 5.73. The molecule has 1 aromatic rings. The first-order valence-corrected chi connectivity index (χ1v) is 7.50. The summed E-state index contributed by atoms with van der Waals surface area (Å²) in [4.78, 5) is 0. The predicted octanol–water partition coefficient (Wildman–Crippen LogP) is 3.52. The van der Waals surface area contributed by atoms with Gasteiger partial charge in [-0.05, 0) is 43.0 Å². The molecule has 0 bridgehead atoms. The minimum Gasteiger partial charge on any atom is -0.492 e. The zero-order valence-corrected chi connectivity index (χ0v) is 12.0. The van der Waals surface area contributed by atoms with E-state index in [1.165, 1.54) is 32.1 Å². The van der Waals surface area contributed by atoms with Gasteiger partial charge in [0.25, 0.3) is 0 Å². The number of halogens is 1. The van der Waals surface area contributed by atoms with Crippen molar-refractivity contribution in [2.75, 3.05) is 6.61 Å². The number of rotatable bonds is 7. The second kappa shape index (κ2) is 7.73. The fraction of sp³-hybridized carbons (Fsp3) is 0.600. The Kier molecular flexibility index (Phi) is 5.95. The molecule has 0 spiro atoms. The van der Waals surface area contributed by atoms with Crippen LogP contribution in [0.25, 0.3) is 0 Å². The summed E-state index contributed by atoms with van der Waals surface area (Å²) in [7, 11) is 0. The van der Waals surface area contributed by atoms with E-state index in [4.69, 9.17) is 22.2 Å². The van der Waals surface area contributed by atoms with E-state index < -0.39 is 0 Å². The first kappa shape index (κ1) is 14.6. The van der Waals surface area contributed by atoms with Gasteiger partial charge >= 0.3 is 0 Å². The SMILES string of the molecule is NNC(CCC1CCCC1)COc1ccc(Cl)cc1. The van der Waals surface area contributed by atoms with Crippen LogP contribution in [0.3, 0.4) is 0 Å². The highest BCUT2D eigenvalue weighted by molar-refractivity contribution is 6.30. The molecule has 1 aliphatic carbocycles. The molecule has 1 saturated carbocycles. The van der Waals surface area contributed by atoms with Crippen molar-refractivity contribution < 1.29 is 4.74 Å². The third-order valence-corrected chi connectivity index (χ3v) is 4.15. The van der Waals surface area contributed by atoms with Crippen molar-refractivity contribution in [1.82, 2.24) is 5.43 Å². The number of benzene rings is 1. The highest BCUT2D eigenvalue weighted by Gasteiger charge is 2.17. The molecular formula is C15H23ClN2O. The highest BCUT2D eigenvalue weighted by Crippen LogP contribution is 2.29. The maximum Gasteiger partial charge on any atom is 0.119 e. The number of hydrogen-bond donors (Lipinski definition) is 2. The lowest BCUT2D eigenvalue weighted by Crippen LogP contribution is -2.39. The van der Waals surface area contributed by atoms with E-state index in [2.05, 4.69) is 5.43 Å². The van der Waals surface area contributed by atoms with Crippen molar-refractivity contribution in [3.05, 3.63) is 29.3 Å². The van der Waals surface area contributed by atoms with Gasteiger partial charge in [-0.25, -0.2) is 0 Å². The Bertz CT molecular complexity index is 363. The number of nitrogens with two attached hydrogens (primary N) is 1. The lowest BCUT2D eigenvalue weighted by Gasteiger charge is -2.18. The maximum atomic E-state index is 5.84. The third-order valence-electron chi connectivity index (χ3n) is 3.90. The molecule has 106 valence electrons. The van der Waals surface area contributed by atoms with Crippen molar-refractivity contribution in [1.29, 1.82) is 0 Å². The number of ether oxygens (including phenoxy) is 1. The Morgan fingerprint density at radius 2 is 1.95 bits per heavy atom. The number of hydrazine groups is 1. The molecular weight excluding hydrogens is 260 g/mol. The normalized spacial score (nSPS) is 17.6. The van der Waals surface area contributed by atoms with E-state index >= 15 is 0 Å². The van der Waals surface area contributed by atoms with E-state index in [9.17, 15) is 0 Å². The van der Waals surface area contributed by atoms with Crippen molar-refractivity contribution in [2.45, 2.75) is 44.6 Å². The van der Waals surface area contributed by atoms with Crippen LogP contribution in [0.1, 0.15) is 38.5 Å². The molecule has 4 heteroatoms. The van der Waals surface area contributed by atoms with Gasteiger partial charge in [-0.15, -0.1) is 0 Å². The number of hydrogen-bond acceptors (Lipinski definition) is 3. The monoisotopic (exact) mass is 282 g/mol. The molecule has 1 atom stereocenters. The van der Waals surface area contributed by atoms with Crippen molar-refractivity contribution in [3.8, 4) is 5.75 Å². The van der Waals surface area contributed by atoms with Crippen molar-refractivity contribution in [3.63, 3.8) is 0 Å². The zero-order chi connectivity index (χ0) is 13.5. The summed E-state index contributed by atoms with van der Waals surface area (Å²) in [5, 5.41) is 0.724. The minimum absolute atomic E-state index is 0.219. The van der Waals surface area contributed by atoms with E-state index in [1.54, 1.807) is 0 Å². The second-order valence-corrected chi connectivity index (χ2v) is 5.79. The fourth-order valence-electron chi connectivity index (χ4n) is 2.68. The Labute approximate surface area is 120 Å². The molecule has 0 heterocycles. The summed E-state index contributed by atoms with van der Waals surface area (Å²) in [5.74, 6) is 7.33. The molecule has 0 aromatic heterocycles. The Morgan fingerprint density at radius 3 is 2.58 bits per heavy atom. The predicted molar refractivity (Wildman–Crippen MR) is 79.3 cm³/mol. The Hall–Kier alpha value is -0.770. The van der Waals surface area contributed by atoms with Gasteiger partial charge in [0.1, 0.15) is 12.4 Å². The first-order chi connectivity index (χ1) is 9.28. The molecule has 0 saturated heterocycles. The largest absolute Gasteiger partial charge is 0.492 e. The summed E-state index contributed by atoms with van der Waals surface area (Å²) in [6.07, 6.45) is 7.89. The van der Waals surface area contributed by atoms with Gasteiger partial charge in [-0.3, -0.25) is 11.3 Å². The van der Waals surface area contributed by atoms with Crippen LogP contribution >= 0.6 is 11.6 Å². The zero-order valence-electron chi connectivity index (χ0n) is 11.3.